The monoisotopic (exact) mass is 237 g/mol. The Morgan fingerprint density at radius 3 is 2.94 bits per heavy atom. The minimum Gasteiger partial charge on any atom is -0.368 e. The summed E-state index contributed by atoms with van der Waals surface area (Å²) >= 11 is 6.09. The summed E-state index contributed by atoms with van der Waals surface area (Å²) in [5.41, 5.74) is 12.6. The summed E-state index contributed by atoms with van der Waals surface area (Å²) in [4.78, 5) is 14.0. The van der Waals surface area contributed by atoms with E-state index in [1.807, 2.05) is 12.1 Å². The van der Waals surface area contributed by atoms with E-state index < -0.39 is 11.9 Å². The molecule has 5 N–H and O–H groups in total. The third kappa shape index (κ3) is 1.89. The summed E-state index contributed by atoms with van der Waals surface area (Å²) in [5.74, 6) is -0.513. The predicted molar refractivity (Wildman–Crippen MR) is 64.2 cm³/mol. The van der Waals surface area contributed by atoms with Gasteiger partial charge < -0.3 is 16.5 Å². The second kappa shape index (κ2) is 4.15. The molecule has 1 aromatic carbocycles. The first-order valence-corrected chi connectivity index (χ1v) is 5.26. The molecular weight excluding hydrogens is 226 g/mol. The fourth-order valence-electron chi connectivity index (χ4n) is 1.71. The minimum atomic E-state index is -0.685. The average molecular weight is 238 g/mol. The van der Waals surface area contributed by atoms with Gasteiger partial charge in [0, 0.05) is 17.1 Å². The number of carbonyl (C=O) groups excluding carboxylic acids is 1. The van der Waals surface area contributed by atoms with Crippen LogP contribution in [0.15, 0.2) is 24.4 Å². The number of aromatic nitrogens is 1. The second-order valence-electron chi connectivity index (χ2n) is 3.69. The zero-order valence-electron chi connectivity index (χ0n) is 8.53. The summed E-state index contributed by atoms with van der Waals surface area (Å²) in [7, 11) is 0. The molecule has 0 bridgehead atoms. The highest BCUT2D eigenvalue weighted by Gasteiger charge is 2.14. The number of hydrogen-bond donors (Lipinski definition) is 3. The van der Waals surface area contributed by atoms with Crippen molar-refractivity contribution in [2.75, 3.05) is 0 Å². The standard InChI is InChI=1S/C11H12ClN3O/c12-7-2-1-3-9-10(7)6(5-15-9)4-8(13)11(14)16/h1-3,5,8,15H,4,13H2,(H2,14,16)/t8-/m0/s1. The van der Waals surface area contributed by atoms with Gasteiger partial charge in [0.15, 0.2) is 0 Å². The highest BCUT2D eigenvalue weighted by molar-refractivity contribution is 6.35. The number of benzene rings is 1. The Kier molecular flexibility index (Phi) is 2.85. The predicted octanol–water partition coefficient (Wildman–Crippen LogP) is 1.18. The number of nitrogens with one attached hydrogen (secondary N) is 1. The first-order valence-electron chi connectivity index (χ1n) is 4.89. The molecule has 0 fully saturated rings. The van der Waals surface area contributed by atoms with Gasteiger partial charge in [0.25, 0.3) is 0 Å². The Morgan fingerprint density at radius 2 is 2.25 bits per heavy atom. The van der Waals surface area contributed by atoms with Crippen LogP contribution in [-0.4, -0.2) is 16.9 Å². The smallest absolute Gasteiger partial charge is 0.234 e. The van der Waals surface area contributed by atoms with Crippen LogP contribution >= 0.6 is 11.6 Å². The van der Waals surface area contributed by atoms with E-state index >= 15 is 0 Å². The SMILES string of the molecule is NC(=O)[C@@H](N)Cc1c[nH]c2cccc(Cl)c12. The fourth-order valence-corrected chi connectivity index (χ4v) is 2.00. The number of carbonyl (C=O) groups is 1. The number of aromatic amines is 1. The molecule has 2 rings (SSSR count). The van der Waals surface area contributed by atoms with Crippen LogP contribution < -0.4 is 11.5 Å². The van der Waals surface area contributed by atoms with Crippen molar-refractivity contribution >= 4 is 28.4 Å². The molecule has 1 heterocycles. The van der Waals surface area contributed by atoms with E-state index in [0.29, 0.717) is 11.4 Å². The molecule has 84 valence electrons. The van der Waals surface area contributed by atoms with E-state index in [0.717, 1.165) is 16.5 Å². The molecule has 0 aliphatic carbocycles. The van der Waals surface area contributed by atoms with Gasteiger partial charge in [-0.05, 0) is 24.1 Å². The number of fused-ring (bicyclic) bond motifs is 1. The Morgan fingerprint density at radius 1 is 1.50 bits per heavy atom. The summed E-state index contributed by atoms with van der Waals surface area (Å²) in [6, 6.07) is 4.89. The largest absolute Gasteiger partial charge is 0.368 e. The number of nitrogens with two attached hydrogens (primary N) is 2. The number of primary amides is 1. The summed E-state index contributed by atoms with van der Waals surface area (Å²) in [6.07, 6.45) is 2.19. The molecular formula is C11H12ClN3O. The van der Waals surface area contributed by atoms with Crippen molar-refractivity contribution in [3.05, 3.63) is 35.0 Å². The first kappa shape index (κ1) is 11.0. The van der Waals surface area contributed by atoms with Crippen LogP contribution in [0.4, 0.5) is 0 Å². The van der Waals surface area contributed by atoms with Gasteiger partial charge in [0.2, 0.25) is 5.91 Å². The molecule has 0 aliphatic heterocycles. The minimum absolute atomic E-state index is 0.388. The molecule has 0 saturated heterocycles. The maximum absolute atomic E-state index is 10.9. The van der Waals surface area contributed by atoms with Gasteiger partial charge in [-0.15, -0.1) is 0 Å². The van der Waals surface area contributed by atoms with Crippen molar-refractivity contribution in [3.8, 4) is 0 Å². The molecule has 0 aliphatic rings. The van der Waals surface area contributed by atoms with Crippen LogP contribution in [0.2, 0.25) is 5.02 Å². The maximum Gasteiger partial charge on any atom is 0.234 e. The molecule has 16 heavy (non-hydrogen) atoms. The highest BCUT2D eigenvalue weighted by Crippen LogP contribution is 2.27. The van der Waals surface area contributed by atoms with Crippen LogP contribution in [0.3, 0.4) is 0 Å². The molecule has 5 heteroatoms. The van der Waals surface area contributed by atoms with Gasteiger partial charge >= 0.3 is 0 Å². The Balaban J connectivity index is 2.42. The van der Waals surface area contributed by atoms with Crippen molar-refractivity contribution in [2.24, 2.45) is 11.5 Å². The van der Waals surface area contributed by atoms with E-state index in [1.54, 1.807) is 12.3 Å². The lowest BCUT2D eigenvalue weighted by Crippen LogP contribution is -2.38. The lowest BCUT2D eigenvalue weighted by atomic mass is 10.1. The molecule has 0 saturated carbocycles. The van der Waals surface area contributed by atoms with Gasteiger partial charge in [-0.1, -0.05) is 17.7 Å². The topological polar surface area (TPSA) is 84.9 Å². The lowest BCUT2D eigenvalue weighted by Gasteiger charge is -2.06. The number of H-pyrrole nitrogens is 1. The first-order chi connectivity index (χ1) is 7.59. The molecule has 1 atom stereocenters. The number of halogens is 1. The van der Waals surface area contributed by atoms with Crippen molar-refractivity contribution in [1.29, 1.82) is 0 Å². The Bertz CT molecular complexity index is 535. The molecule has 1 aromatic heterocycles. The van der Waals surface area contributed by atoms with Crippen LogP contribution in [-0.2, 0) is 11.2 Å². The molecule has 4 nitrogen and oxygen atoms in total. The number of amides is 1. The molecule has 2 aromatic rings. The third-order valence-electron chi connectivity index (χ3n) is 2.54. The van der Waals surface area contributed by atoms with Crippen molar-refractivity contribution in [2.45, 2.75) is 12.5 Å². The van der Waals surface area contributed by atoms with Crippen molar-refractivity contribution in [1.82, 2.24) is 4.98 Å². The van der Waals surface area contributed by atoms with Crippen molar-refractivity contribution < 1.29 is 4.79 Å². The zero-order valence-corrected chi connectivity index (χ0v) is 9.29. The van der Waals surface area contributed by atoms with Crippen LogP contribution in [0.1, 0.15) is 5.56 Å². The van der Waals surface area contributed by atoms with Gasteiger partial charge in [0.1, 0.15) is 0 Å². The van der Waals surface area contributed by atoms with Crippen LogP contribution in [0.5, 0.6) is 0 Å². The van der Waals surface area contributed by atoms with E-state index in [9.17, 15) is 4.79 Å². The quantitative estimate of drug-likeness (QED) is 0.749. The summed E-state index contributed by atoms with van der Waals surface area (Å²) in [5, 5.41) is 1.55. The van der Waals surface area contributed by atoms with E-state index in [-0.39, 0.29) is 0 Å². The van der Waals surface area contributed by atoms with Gasteiger partial charge in [0.05, 0.1) is 11.1 Å². The summed E-state index contributed by atoms with van der Waals surface area (Å²) in [6.45, 7) is 0. The number of hydrogen-bond acceptors (Lipinski definition) is 2. The third-order valence-corrected chi connectivity index (χ3v) is 2.86. The molecule has 0 radical (unpaired) electrons. The summed E-state index contributed by atoms with van der Waals surface area (Å²) < 4.78 is 0. The van der Waals surface area contributed by atoms with E-state index in [2.05, 4.69) is 4.98 Å². The Labute approximate surface area is 97.6 Å². The normalized spacial score (nSPS) is 12.9. The van der Waals surface area contributed by atoms with Crippen LogP contribution in [0, 0.1) is 0 Å². The van der Waals surface area contributed by atoms with Gasteiger partial charge in [-0.25, -0.2) is 0 Å². The fraction of sp³-hybridized carbons (Fsp3) is 0.182. The van der Waals surface area contributed by atoms with Gasteiger partial charge in [-0.2, -0.15) is 0 Å². The molecule has 0 spiro atoms. The highest BCUT2D eigenvalue weighted by atomic mass is 35.5. The molecule has 0 unspecified atom stereocenters. The maximum atomic E-state index is 10.9. The van der Waals surface area contributed by atoms with E-state index in [1.165, 1.54) is 0 Å². The van der Waals surface area contributed by atoms with E-state index in [4.69, 9.17) is 23.1 Å². The molecule has 1 amide bonds. The number of rotatable bonds is 3. The zero-order chi connectivity index (χ0) is 11.7. The average Bonchev–Trinajstić information content (AvgIpc) is 2.63. The Hall–Kier alpha value is -1.52. The lowest BCUT2D eigenvalue weighted by molar-refractivity contribution is -0.119. The van der Waals surface area contributed by atoms with Crippen LogP contribution in [0.25, 0.3) is 10.9 Å². The van der Waals surface area contributed by atoms with Crippen molar-refractivity contribution in [3.63, 3.8) is 0 Å². The second-order valence-corrected chi connectivity index (χ2v) is 4.10. The van der Waals surface area contributed by atoms with Gasteiger partial charge in [-0.3, -0.25) is 4.79 Å².